The highest BCUT2D eigenvalue weighted by Gasteiger charge is 2.13. The Morgan fingerprint density at radius 3 is 2.58 bits per heavy atom. The second kappa shape index (κ2) is 6.51. The third-order valence-electron chi connectivity index (χ3n) is 3.33. The van der Waals surface area contributed by atoms with Crippen molar-refractivity contribution in [1.82, 2.24) is 10.3 Å². The van der Waals surface area contributed by atoms with Crippen LogP contribution in [-0.2, 0) is 12.8 Å². The fourth-order valence-corrected chi connectivity index (χ4v) is 3.27. The van der Waals surface area contributed by atoms with Crippen LogP contribution in [0.4, 0.5) is 0 Å². The highest BCUT2D eigenvalue weighted by atomic mass is 35.5. The normalized spacial score (nSPS) is 12.6. The Morgan fingerprint density at radius 2 is 2.00 bits per heavy atom. The van der Waals surface area contributed by atoms with E-state index in [2.05, 4.69) is 30.2 Å². The Labute approximate surface area is 123 Å². The molecule has 0 amide bonds. The molecule has 0 saturated heterocycles. The number of likely N-dealkylation sites (N-methyl/N-ethyl adjacent to an activating group) is 1. The van der Waals surface area contributed by atoms with Crippen LogP contribution in [0.3, 0.4) is 0 Å². The monoisotopic (exact) mass is 294 g/mol. The predicted molar refractivity (Wildman–Crippen MR) is 83.3 cm³/mol. The van der Waals surface area contributed by atoms with Gasteiger partial charge in [0.25, 0.3) is 0 Å². The van der Waals surface area contributed by atoms with Crippen molar-refractivity contribution in [2.45, 2.75) is 32.7 Å². The zero-order valence-corrected chi connectivity index (χ0v) is 13.1. The number of thiazole rings is 1. The van der Waals surface area contributed by atoms with E-state index in [1.807, 2.05) is 25.2 Å². The molecular weight excluding hydrogens is 276 g/mol. The summed E-state index contributed by atoms with van der Waals surface area (Å²) in [6.45, 7) is 4.19. The van der Waals surface area contributed by atoms with E-state index in [4.69, 9.17) is 11.6 Å². The first-order valence-corrected chi connectivity index (χ1v) is 7.63. The van der Waals surface area contributed by atoms with Crippen LogP contribution in [0.1, 0.15) is 21.1 Å². The number of hydrogen-bond donors (Lipinski definition) is 1. The summed E-state index contributed by atoms with van der Waals surface area (Å²) >= 11 is 8.01. The zero-order chi connectivity index (χ0) is 13.8. The smallest absolute Gasteiger partial charge is 0.0946 e. The summed E-state index contributed by atoms with van der Waals surface area (Å²) in [7, 11) is 1.99. The maximum Gasteiger partial charge on any atom is 0.0946 e. The van der Waals surface area contributed by atoms with Crippen molar-refractivity contribution in [3.8, 4) is 0 Å². The van der Waals surface area contributed by atoms with Crippen molar-refractivity contribution >= 4 is 22.9 Å². The van der Waals surface area contributed by atoms with Crippen LogP contribution < -0.4 is 5.32 Å². The summed E-state index contributed by atoms with van der Waals surface area (Å²) in [6.07, 6.45) is 1.87. The highest BCUT2D eigenvalue weighted by Crippen LogP contribution is 2.21. The van der Waals surface area contributed by atoms with Gasteiger partial charge >= 0.3 is 0 Å². The van der Waals surface area contributed by atoms with Crippen molar-refractivity contribution in [2.24, 2.45) is 0 Å². The molecule has 1 heterocycles. The average molecular weight is 295 g/mol. The van der Waals surface area contributed by atoms with E-state index in [1.165, 1.54) is 15.4 Å². The topological polar surface area (TPSA) is 24.9 Å². The van der Waals surface area contributed by atoms with Gasteiger partial charge in [0.2, 0.25) is 0 Å². The molecule has 0 aliphatic rings. The first-order chi connectivity index (χ1) is 9.10. The Bertz CT molecular complexity index is 531. The maximum atomic E-state index is 6.22. The minimum absolute atomic E-state index is 0.366. The summed E-state index contributed by atoms with van der Waals surface area (Å²) in [6, 6.07) is 8.40. The third kappa shape index (κ3) is 3.78. The molecule has 1 aromatic heterocycles. The molecule has 2 rings (SSSR count). The van der Waals surface area contributed by atoms with Crippen molar-refractivity contribution < 1.29 is 0 Å². The second-order valence-electron chi connectivity index (χ2n) is 4.73. The average Bonchev–Trinajstić information content (AvgIpc) is 2.70. The summed E-state index contributed by atoms with van der Waals surface area (Å²) in [4.78, 5) is 5.92. The highest BCUT2D eigenvalue weighted by molar-refractivity contribution is 7.11. The first kappa shape index (κ1) is 14.5. The molecule has 1 unspecified atom stereocenters. The van der Waals surface area contributed by atoms with Crippen LogP contribution in [0.15, 0.2) is 24.3 Å². The molecule has 19 heavy (non-hydrogen) atoms. The van der Waals surface area contributed by atoms with Crippen molar-refractivity contribution in [3.63, 3.8) is 0 Å². The quantitative estimate of drug-likeness (QED) is 0.907. The summed E-state index contributed by atoms with van der Waals surface area (Å²) in [5.74, 6) is 0. The van der Waals surface area contributed by atoms with Gasteiger partial charge in [0, 0.05) is 22.4 Å². The maximum absolute atomic E-state index is 6.22. The van der Waals surface area contributed by atoms with Crippen LogP contribution in [0.5, 0.6) is 0 Å². The number of benzene rings is 1. The Morgan fingerprint density at radius 1 is 1.26 bits per heavy atom. The molecule has 0 aliphatic carbocycles. The van der Waals surface area contributed by atoms with E-state index in [9.17, 15) is 0 Å². The van der Waals surface area contributed by atoms with Gasteiger partial charge < -0.3 is 5.32 Å². The minimum Gasteiger partial charge on any atom is -0.316 e. The lowest BCUT2D eigenvalue weighted by molar-refractivity contribution is 0.555. The van der Waals surface area contributed by atoms with Gasteiger partial charge in [-0.15, -0.1) is 11.3 Å². The van der Waals surface area contributed by atoms with E-state index < -0.39 is 0 Å². The first-order valence-electron chi connectivity index (χ1n) is 6.43. The van der Waals surface area contributed by atoms with Crippen molar-refractivity contribution in [3.05, 3.63) is 50.4 Å². The summed E-state index contributed by atoms with van der Waals surface area (Å²) < 4.78 is 0. The van der Waals surface area contributed by atoms with E-state index in [-0.39, 0.29) is 0 Å². The molecular formula is C15H19ClN2S. The van der Waals surface area contributed by atoms with Gasteiger partial charge in [-0.1, -0.05) is 29.8 Å². The molecule has 2 aromatic rings. The van der Waals surface area contributed by atoms with Crippen molar-refractivity contribution in [1.29, 1.82) is 0 Å². The fourth-order valence-electron chi connectivity index (χ4n) is 2.04. The number of halogens is 1. The Kier molecular flexibility index (Phi) is 4.97. The SMILES string of the molecule is CNC(Cc1nc(C)c(C)s1)Cc1ccccc1Cl. The lowest BCUT2D eigenvalue weighted by Gasteiger charge is -2.15. The van der Waals surface area contributed by atoms with Crippen LogP contribution in [0.2, 0.25) is 5.02 Å². The predicted octanol–water partition coefficient (Wildman–Crippen LogP) is 3.79. The molecule has 4 heteroatoms. The molecule has 0 spiro atoms. The van der Waals surface area contributed by atoms with Crippen LogP contribution >= 0.6 is 22.9 Å². The molecule has 0 bridgehead atoms. The van der Waals surface area contributed by atoms with Crippen LogP contribution in [0, 0.1) is 13.8 Å². The van der Waals surface area contributed by atoms with Crippen LogP contribution in [0.25, 0.3) is 0 Å². The molecule has 2 nitrogen and oxygen atoms in total. The van der Waals surface area contributed by atoms with E-state index >= 15 is 0 Å². The molecule has 1 aromatic carbocycles. The van der Waals surface area contributed by atoms with Gasteiger partial charge in [0.15, 0.2) is 0 Å². The number of aromatic nitrogens is 1. The molecule has 1 N–H and O–H groups in total. The van der Waals surface area contributed by atoms with Gasteiger partial charge in [0.1, 0.15) is 0 Å². The van der Waals surface area contributed by atoms with Gasteiger partial charge in [-0.25, -0.2) is 4.98 Å². The standard InChI is InChI=1S/C15H19ClN2S/c1-10-11(2)19-15(18-10)9-13(17-3)8-12-6-4-5-7-14(12)16/h4-7,13,17H,8-9H2,1-3H3. The molecule has 102 valence electrons. The molecule has 0 fully saturated rings. The number of nitrogens with one attached hydrogen (secondary N) is 1. The van der Waals surface area contributed by atoms with Gasteiger partial charge in [-0.3, -0.25) is 0 Å². The Balaban J connectivity index is 2.07. The van der Waals surface area contributed by atoms with E-state index in [0.29, 0.717) is 6.04 Å². The second-order valence-corrected chi connectivity index (χ2v) is 6.43. The number of nitrogens with zero attached hydrogens (tertiary/aromatic N) is 1. The summed E-state index contributed by atoms with van der Waals surface area (Å²) in [5.41, 5.74) is 2.33. The lowest BCUT2D eigenvalue weighted by atomic mass is 10.0. The van der Waals surface area contributed by atoms with E-state index in [1.54, 1.807) is 11.3 Å². The minimum atomic E-state index is 0.366. The lowest BCUT2D eigenvalue weighted by Crippen LogP contribution is -2.30. The molecule has 0 aliphatic heterocycles. The summed E-state index contributed by atoms with van der Waals surface area (Å²) in [5, 5.41) is 5.40. The zero-order valence-electron chi connectivity index (χ0n) is 11.5. The molecule has 1 atom stereocenters. The largest absolute Gasteiger partial charge is 0.316 e. The van der Waals surface area contributed by atoms with Gasteiger partial charge in [-0.2, -0.15) is 0 Å². The number of hydrogen-bond acceptors (Lipinski definition) is 3. The Hall–Kier alpha value is -0.900. The number of aryl methyl sites for hydroxylation is 2. The third-order valence-corrected chi connectivity index (χ3v) is 4.79. The van der Waals surface area contributed by atoms with Gasteiger partial charge in [-0.05, 0) is 38.9 Å². The molecule has 0 saturated carbocycles. The van der Waals surface area contributed by atoms with Crippen molar-refractivity contribution in [2.75, 3.05) is 7.05 Å². The van der Waals surface area contributed by atoms with E-state index in [0.717, 1.165) is 23.6 Å². The van der Waals surface area contributed by atoms with Gasteiger partial charge in [0.05, 0.1) is 10.7 Å². The molecule has 0 radical (unpaired) electrons. The van der Waals surface area contributed by atoms with Crippen LogP contribution in [-0.4, -0.2) is 18.1 Å². The number of rotatable bonds is 5. The fraction of sp³-hybridized carbons (Fsp3) is 0.400.